The highest BCUT2D eigenvalue weighted by Crippen LogP contribution is 2.49. The summed E-state index contributed by atoms with van der Waals surface area (Å²) in [7, 11) is 0. The molecule has 2 nitrogen and oxygen atoms in total. The molecule has 0 unspecified atom stereocenters. The van der Waals surface area contributed by atoms with Gasteiger partial charge in [0.15, 0.2) is 0 Å². The summed E-state index contributed by atoms with van der Waals surface area (Å²) < 4.78 is 27.1. The Hall–Kier alpha value is -3.01. The molecule has 1 aliphatic rings. The monoisotopic (exact) mass is 377 g/mol. The van der Waals surface area contributed by atoms with Crippen molar-refractivity contribution in [1.29, 1.82) is 0 Å². The molecule has 1 aliphatic carbocycles. The van der Waals surface area contributed by atoms with Crippen molar-refractivity contribution in [3.8, 4) is 0 Å². The third-order valence-electron chi connectivity index (χ3n) is 5.13. The van der Waals surface area contributed by atoms with Gasteiger partial charge < -0.3 is 4.84 Å². The molecule has 0 aliphatic heterocycles. The van der Waals surface area contributed by atoms with Crippen LogP contribution in [0.15, 0.2) is 78.0 Å². The van der Waals surface area contributed by atoms with E-state index in [2.05, 4.69) is 36.3 Å². The van der Waals surface area contributed by atoms with Gasteiger partial charge in [-0.15, -0.1) is 0 Å². The number of benzene rings is 3. The Morgan fingerprint density at radius 2 is 1.68 bits per heavy atom. The molecule has 3 aromatic carbocycles. The lowest BCUT2D eigenvalue weighted by Crippen LogP contribution is -2.07. The number of oxime groups is 1. The molecular weight excluding hydrogens is 356 g/mol. The fraction of sp³-hybridized carbons (Fsp3) is 0.208. The zero-order valence-electron chi connectivity index (χ0n) is 15.6. The molecule has 0 radical (unpaired) electrons. The second-order valence-corrected chi connectivity index (χ2v) is 7.21. The Morgan fingerprint density at radius 3 is 2.39 bits per heavy atom. The highest BCUT2D eigenvalue weighted by Gasteiger charge is 2.43. The second-order valence-electron chi connectivity index (χ2n) is 7.21. The summed E-state index contributed by atoms with van der Waals surface area (Å²) in [5, 5.41) is 4.34. The van der Waals surface area contributed by atoms with Gasteiger partial charge in [0.25, 0.3) is 0 Å². The van der Waals surface area contributed by atoms with Gasteiger partial charge in [-0.25, -0.2) is 8.78 Å². The summed E-state index contributed by atoms with van der Waals surface area (Å²) in [6, 6.07) is 21.2. The van der Waals surface area contributed by atoms with Crippen LogP contribution in [-0.4, -0.2) is 5.71 Å². The largest absolute Gasteiger partial charge is 0.391 e. The Morgan fingerprint density at radius 1 is 0.964 bits per heavy atom. The topological polar surface area (TPSA) is 21.6 Å². The maximum absolute atomic E-state index is 13.8. The first-order valence-corrected chi connectivity index (χ1v) is 9.37. The number of aryl methyl sites for hydroxylation is 1. The van der Waals surface area contributed by atoms with Crippen LogP contribution in [-0.2, 0) is 11.4 Å². The van der Waals surface area contributed by atoms with Crippen LogP contribution in [0.2, 0.25) is 0 Å². The molecule has 0 spiro atoms. The van der Waals surface area contributed by atoms with Crippen LogP contribution in [0.1, 0.15) is 34.6 Å². The van der Waals surface area contributed by atoms with E-state index >= 15 is 0 Å². The maximum atomic E-state index is 13.8. The van der Waals surface area contributed by atoms with Crippen molar-refractivity contribution >= 4 is 5.71 Å². The molecule has 4 heteroatoms. The van der Waals surface area contributed by atoms with Crippen molar-refractivity contribution < 1.29 is 13.6 Å². The van der Waals surface area contributed by atoms with E-state index < -0.39 is 0 Å². The predicted molar refractivity (Wildman–Crippen MR) is 106 cm³/mol. The number of hydrogen-bond donors (Lipinski definition) is 0. The van der Waals surface area contributed by atoms with Crippen LogP contribution >= 0.6 is 0 Å². The smallest absolute Gasteiger partial charge is 0.145 e. The van der Waals surface area contributed by atoms with Gasteiger partial charge in [-0.2, -0.15) is 0 Å². The first-order chi connectivity index (χ1) is 13.6. The molecule has 1 saturated carbocycles. The molecule has 1 fully saturated rings. The van der Waals surface area contributed by atoms with Crippen molar-refractivity contribution in [2.45, 2.75) is 25.9 Å². The van der Waals surface area contributed by atoms with E-state index in [4.69, 9.17) is 4.84 Å². The molecule has 4 rings (SSSR count). The fourth-order valence-corrected chi connectivity index (χ4v) is 3.42. The highest BCUT2D eigenvalue weighted by molar-refractivity contribution is 6.04. The molecule has 0 heterocycles. The zero-order valence-corrected chi connectivity index (χ0v) is 15.6. The normalized spacial score (nSPS) is 18.8. The summed E-state index contributed by atoms with van der Waals surface area (Å²) in [5.74, 6) is -0.0403. The molecule has 0 N–H and O–H groups in total. The molecule has 2 atom stereocenters. The lowest BCUT2D eigenvalue weighted by molar-refractivity contribution is 0.127. The van der Waals surface area contributed by atoms with E-state index in [1.807, 2.05) is 0 Å². The summed E-state index contributed by atoms with van der Waals surface area (Å²) >= 11 is 0. The molecule has 0 bridgehead atoms. The quantitative estimate of drug-likeness (QED) is 0.381. The van der Waals surface area contributed by atoms with Gasteiger partial charge >= 0.3 is 0 Å². The molecule has 0 amide bonds. The van der Waals surface area contributed by atoms with Crippen molar-refractivity contribution in [3.63, 3.8) is 0 Å². The second kappa shape index (κ2) is 7.93. The fourth-order valence-electron chi connectivity index (χ4n) is 3.42. The van der Waals surface area contributed by atoms with Crippen molar-refractivity contribution in [1.82, 2.24) is 0 Å². The summed E-state index contributed by atoms with van der Waals surface area (Å²) in [6.45, 7) is 2.12. The van der Waals surface area contributed by atoms with Gasteiger partial charge in [-0.1, -0.05) is 65.3 Å². The number of rotatable bonds is 6. The van der Waals surface area contributed by atoms with E-state index in [0.717, 1.165) is 17.7 Å². The van der Waals surface area contributed by atoms with Gasteiger partial charge in [-0.3, -0.25) is 0 Å². The van der Waals surface area contributed by atoms with Crippen LogP contribution in [0.4, 0.5) is 8.78 Å². The van der Waals surface area contributed by atoms with Gasteiger partial charge in [0, 0.05) is 11.5 Å². The summed E-state index contributed by atoms with van der Waals surface area (Å²) in [5.41, 5.74) is 4.55. The van der Waals surface area contributed by atoms with E-state index in [1.54, 1.807) is 30.3 Å². The predicted octanol–water partition coefficient (Wildman–Crippen LogP) is 6.00. The standard InChI is InChI=1S/C24H21F2NO/c1-16-6-8-17(9-7-16)21-14-22(21)24(18-10-12-20(25)13-11-18)27-28-15-19-4-2-3-5-23(19)26/h2-13,21-22H,14-15H2,1H3/b27-24-/t21-,22+/m1/s1. The number of halogens is 2. The zero-order chi connectivity index (χ0) is 19.5. The average Bonchev–Trinajstić information content (AvgIpc) is 3.49. The highest BCUT2D eigenvalue weighted by atomic mass is 19.1. The summed E-state index contributed by atoms with van der Waals surface area (Å²) in [4.78, 5) is 5.51. The van der Waals surface area contributed by atoms with Crippen molar-refractivity contribution in [2.24, 2.45) is 11.1 Å². The Kier molecular flexibility index (Phi) is 5.20. The number of hydrogen-bond acceptors (Lipinski definition) is 2. The van der Waals surface area contributed by atoms with Crippen LogP contribution in [0.5, 0.6) is 0 Å². The minimum absolute atomic E-state index is 0.0548. The molecule has 0 aromatic heterocycles. The summed E-state index contributed by atoms with van der Waals surface area (Å²) in [6.07, 6.45) is 0.961. The first kappa shape index (κ1) is 18.4. The van der Waals surface area contributed by atoms with Crippen LogP contribution in [0.25, 0.3) is 0 Å². The Balaban J connectivity index is 1.55. The van der Waals surface area contributed by atoms with E-state index in [-0.39, 0.29) is 24.2 Å². The Bertz CT molecular complexity index is 980. The van der Waals surface area contributed by atoms with Gasteiger partial charge in [0.1, 0.15) is 18.2 Å². The minimum Gasteiger partial charge on any atom is -0.391 e. The van der Waals surface area contributed by atoms with Crippen LogP contribution in [0.3, 0.4) is 0 Å². The Labute approximate surface area is 163 Å². The number of nitrogens with zero attached hydrogens (tertiary/aromatic N) is 1. The third kappa shape index (κ3) is 4.11. The van der Waals surface area contributed by atoms with Gasteiger partial charge in [0.2, 0.25) is 0 Å². The molecular formula is C24H21F2NO. The lowest BCUT2D eigenvalue weighted by Gasteiger charge is -2.08. The van der Waals surface area contributed by atoms with E-state index in [1.165, 1.54) is 29.3 Å². The lowest BCUT2D eigenvalue weighted by atomic mass is 10.0. The van der Waals surface area contributed by atoms with Gasteiger partial charge in [0.05, 0.1) is 5.71 Å². The molecule has 3 aromatic rings. The molecule has 0 saturated heterocycles. The molecule has 28 heavy (non-hydrogen) atoms. The SMILES string of the molecule is Cc1ccc([C@H]2C[C@@H]2/C(=N\OCc2ccccc2F)c2ccc(F)cc2)cc1. The van der Waals surface area contributed by atoms with E-state index in [0.29, 0.717) is 11.5 Å². The van der Waals surface area contributed by atoms with Crippen LogP contribution < -0.4 is 0 Å². The minimum atomic E-state index is -0.315. The van der Waals surface area contributed by atoms with Gasteiger partial charge in [-0.05, 0) is 48.6 Å². The average molecular weight is 377 g/mol. The van der Waals surface area contributed by atoms with Crippen LogP contribution in [0, 0.1) is 24.5 Å². The maximum Gasteiger partial charge on any atom is 0.145 e. The molecule has 142 valence electrons. The van der Waals surface area contributed by atoms with Crippen molar-refractivity contribution in [2.75, 3.05) is 0 Å². The van der Waals surface area contributed by atoms with E-state index in [9.17, 15) is 8.78 Å². The van der Waals surface area contributed by atoms with Crippen molar-refractivity contribution in [3.05, 3.63) is 107 Å². The third-order valence-corrected chi connectivity index (χ3v) is 5.13. The first-order valence-electron chi connectivity index (χ1n) is 9.37.